The monoisotopic (exact) mass is 1400 g/mol. The number of carbonyl (C=O) groups is 9. The fourth-order valence-electron chi connectivity index (χ4n) is 10.3. The second-order valence-corrected chi connectivity index (χ2v) is 26.0. The minimum absolute atomic E-state index is 0.0104. The molecule has 0 aromatic heterocycles. The van der Waals surface area contributed by atoms with E-state index in [2.05, 4.69) is 47.2 Å². The molecule has 0 saturated heterocycles. The summed E-state index contributed by atoms with van der Waals surface area (Å²) in [5.74, 6) is -2.28. The number of alkyl carbamates (subject to hydrolysis) is 3. The first-order chi connectivity index (χ1) is 48.4. The molecule has 7 aromatic carbocycles. The number of aliphatic imine (C=N–C) groups is 2. The molecule has 526 valence electrons. The van der Waals surface area contributed by atoms with Gasteiger partial charge in [-0.2, -0.15) is 0 Å². The molecule has 0 fully saturated rings. The van der Waals surface area contributed by atoms with E-state index in [1.807, 2.05) is 24.3 Å². The highest BCUT2D eigenvalue weighted by atomic mass is 32.2. The molecular weight excluding hydrogens is 1320 g/mol. The van der Waals surface area contributed by atoms with Crippen LogP contribution in [0, 0.1) is 0 Å². The molecule has 9 rings (SSSR count). The molecule has 27 heteroatoms. The van der Waals surface area contributed by atoms with Crippen LogP contribution in [0.25, 0.3) is 0 Å². The van der Waals surface area contributed by atoms with Crippen LogP contribution in [-0.2, 0) is 74.8 Å². The van der Waals surface area contributed by atoms with Crippen LogP contribution >= 0.6 is 11.8 Å². The Balaban J connectivity index is 0.914. The lowest BCUT2D eigenvalue weighted by atomic mass is 9.77. The minimum atomic E-state index is -1.61. The number of rotatable bonds is 22. The maximum absolute atomic E-state index is 14.5. The summed E-state index contributed by atoms with van der Waals surface area (Å²) in [6.07, 6.45) is -4.51. The molecular formula is C74H77N9O17S. The van der Waals surface area contributed by atoms with Gasteiger partial charge in [0.25, 0.3) is 0 Å². The van der Waals surface area contributed by atoms with E-state index in [1.54, 1.807) is 187 Å². The quantitative estimate of drug-likeness (QED) is 0.0109. The first-order valence-corrected chi connectivity index (χ1v) is 33.2. The van der Waals surface area contributed by atoms with Crippen molar-refractivity contribution >= 4 is 88.6 Å². The third kappa shape index (κ3) is 22.1. The van der Waals surface area contributed by atoms with Crippen LogP contribution in [0.3, 0.4) is 0 Å². The predicted molar refractivity (Wildman–Crippen MR) is 375 cm³/mol. The van der Waals surface area contributed by atoms with Crippen molar-refractivity contribution in [1.82, 2.24) is 26.6 Å². The maximum atomic E-state index is 14.5. The van der Waals surface area contributed by atoms with Crippen molar-refractivity contribution in [3.8, 4) is 11.5 Å². The summed E-state index contributed by atoms with van der Waals surface area (Å²) in [6, 6.07) is 50.7. The largest absolute Gasteiger partial charge is 0.456 e. The van der Waals surface area contributed by atoms with Crippen molar-refractivity contribution < 1.29 is 81.0 Å². The second kappa shape index (κ2) is 34.7. The summed E-state index contributed by atoms with van der Waals surface area (Å²) in [6.45, 7) is 9.68. The average molecular weight is 1400 g/mol. The number of hydrogen-bond donors (Lipinski definition) is 7. The first-order valence-electron chi connectivity index (χ1n) is 32.3. The van der Waals surface area contributed by atoms with Crippen molar-refractivity contribution in [1.29, 1.82) is 0 Å². The number of esters is 1. The minimum Gasteiger partial charge on any atom is -0.456 e. The normalized spacial score (nSPS) is 14.3. The van der Waals surface area contributed by atoms with Crippen molar-refractivity contribution in [2.45, 2.75) is 122 Å². The molecule has 7 N–H and O–H groups in total. The van der Waals surface area contributed by atoms with Gasteiger partial charge in [-0.1, -0.05) is 140 Å². The van der Waals surface area contributed by atoms with Gasteiger partial charge in [-0.3, -0.25) is 20.2 Å². The average Bonchev–Trinajstić information content (AvgIpc) is 1.61. The molecule has 101 heavy (non-hydrogen) atoms. The second-order valence-electron chi connectivity index (χ2n) is 24.9. The number of hydrogen-bond acceptors (Lipinski definition) is 18. The van der Waals surface area contributed by atoms with E-state index in [-0.39, 0.29) is 106 Å². The van der Waals surface area contributed by atoms with Crippen molar-refractivity contribution in [2.24, 2.45) is 9.98 Å². The number of thioether (sulfide) groups is 1. The van der Waals surface area contributed by atoms with Gasteiger partial charge in [-0.25, -0.2) is 33.6 Å². The molecule has 1 unspecified atom stereocenters. The maximum Gasteiger partial charge on any atom is 0.437 e. The number of ether oxygens (including phenoxy) is 8. The van der Waals surface area contributed by atoms with E-state index < -0.39 is 81.6 Å². The number of carbonyl (C=O) groups excluding carboxylic acids is 9. The van der Waals surface area contributed by atoms with E-state index >= 15 is 0 Å². The Morgan fingerprint density at radius 3 is 1.38 bits per heavy atom. The molecule has 2 heterocycles. The van der Waals surface area contributed by atoms with Gasteiger partial charge in [-0.15, -0.1) is 9.98 Å². The van der Waals surface area contributed by atoms with E-state index in [9.17, 15) is 43.2 Å². The zero-order valence-electron chi connectivity index (χ0n) is 56.3. The van der Waals surface area contributed by atoms with Gasteiger partial charge in [0.15, 0.2) is 5.60 Å². The molecule has 3 atom stereocenters. The Morgan fingerprint density at radius 2 is 0.911 bits per heavy atom. The number of nitrogens with one attached hydrogen (secondary N) is 7. The Kier molecular flexibility index (Phi) is 25.2. The van der Waals surface area contributed by atoms with Gasteiger partial charge < -0.3 is 64.5 Å². The molecule has 7 aromatic rings. The van der Waals surface area contributed by atoms with Gasteiger partial charge in [-0.05, 0) is 132 Å². The van der Waals surface area contributed by atoms with Gasteiger partial charge in [0.05, 0.1) is 10.8 Å². The van der Waals surface area contributed by atoms with Crippen molar-refractivity contribution in [3.05, 3.63) is 226 Å². The lowest BCUT2D eigenvalue weighted by Crippen LogP contribution is -2.46. The van der Waals surface area contributed by atoms with Gasteiger partial charge >= 0.3 is 41.7 Å². The summed E-state index contributed by atoms with van der Waals surface area (Å²) in [5, 5.41) is 17.3. The van der Waals surface area contributed by atoms with Crippen molar-refractivity contribution in [2.75, 3.05) is 23.7 Å². The molecule has 1 spiro atoms. The van der Waals surface area contributed by atoms with Crippen LogP contribution in [0.2, 0.25) is 0 Å². The molecule has 0 bridgehead atoms. The summed E-state index contributed by atoms with van der Waals surface area (Å²) < 4.78 is 45.6. The smallest absolute Gasteiger partial charge is 0.437 e. The van der Waals surface area contributed by atoms with Gasteiger partial charge in [0, 0.05) is 53.3 Å². The lowest BCUT2D eigenvalue weighted by molar-refractivity contribution is -0.118. The summed E-state index contributed by atoms with van der Waals surface area (Å²) >= 11 is 0.651. The Hall–Kier alpha value is -11.7. The molecule has 0 saturated carbocycles. The van der Waals surface area contributed by atoms with E-state index in [1.165, 1.54) is 12.1 Å². The predicted octanol–water partition coefficient (Wildman–Crippen LogP) is 13.0. The molecule has 26 nitrogen and oxygen atoms in total. The van der Waals surface area contributed by atoms with Crippen LogP contribution in [0.5, 0.6) is 11.5 Å². The topological polar surface area (TPSA) is 336 Å². The fraction of sp³-hybridized carbons (Fsp3) is 0.284. The summed E-state index contributed by atoms with van der Waals surface area (Å²) in [7, 11) is 0. The third-order valence-electron chi connectivity index (χ3n) is 14.8. The van der Waals surface area contributed by atoms with E-state index in [0.29, 0.717) is 50.7 Å². The zero-order chi connectivity index (χ0) is 71.9. The first kappa shape index (κ1) is 73.5. The Labute approximate surface area is 587 Å². The van der Waals surface area contributed by atoms with Crippen molar-refractivity contribution in [3.63, 3.8) is 0 Å². The number of nitrogens with zero attached hydrogens (tertiary/aromatic N) is 2. The molecule has 0 radical (unpaired) electrons. The number of amides is 7. The Bertz CT molecular complexity index is 3940. The third-order valence-corrected chi connectivity index (χ3v) is 15.8. The van der Waals surface area contributed by atoms with Crippen LogP contribution in [0.1, 0.15) is 117 Å². The highest BCUT2D eigenvalue weighted by Gasteiger charge is 2.53. The summed E-state index contributed by atoms with van der Waals surface area (Å²) in [4.78, 5) is 130. The summed E-state index contributed by atoms with van der Waals surface area (Å²) in [5.41, 5.74) is 1.26. The number of anilines is 2. The molecule has 7 amide bonds. The molecule has 2 aliphatic heterocycles. The van der Waals surface area contributed by atoms with Crippen LogP contribution < -0.4 is 42.0 Å². The number of benzene rings is 7. The van der Waals surface area contributed by atoms with Gasteiger partial charge in [0.2, 0.25) is 23.7 Å². The molecule has 2 aliphatic rings. The highest BCUT2D eigenvalue weighted by Crippen LogP contribution is 2.57. The SMILES string of the molecule is CC(C)(C)OC(=O)N[C@@H](CCCN/C(=N/C(=O)OCc1ccccc1)NC(=O)OCc1ccccc1)C(=O)Nc1ccc2c(c1)Oc1cc(NC(=O)[C@H](CCCN/C(=N/C(=O)OCc3ccccc3)NC(=O)OCc3ccccc3)SC(=O)OC(C)(C)C)ccc1C21OC(=O)c2ccccc21. The fourth-order valence-corrected chi connectivity index (χ4v) is 11.2. The van der Waals surface area contributed by atoms with Crippen LogP contribution in [-0.4, -0.2) is 101 Å². The standard InChI is InChI=1S/C74H77N9O17S/c1-72(2,3)99-70(91)79-57(33-21-39-75-64(80-66(87)93-43-47-23-11-7-12-24-47)81-67(88)94-44-48-25-13-8-14-26-48)61(84)77-51-35-37-55-58(41-51)97-59-42-52(36-38-56(59)74(55)54-32-20-19-31-53(54)63(86)98-74)78-62(85)60(101-71(92)100-73(4,5)6)34-22-40-76-65(82-68(89)95-45-49-27-15-9-16-28-49)83-69(90)96-46-50-29-17-10-18-30-50/h7-20,23-32,35-38,41-42,57,60H,21-22,33-34,39-40,43-46H2,1-6H3,(H,77,84)(H,78,85)(H,79,91)(H2,75,80,81,87,88)(H2,76,82,83,89,90)/t57-,60-,74?/m0/s1. The number of fused-ring (bicyclic) bond motifs is 6. The highest BCUT2D eigenvalue weighted by molar-refractivity contribution is 8.14. The van der Waals surface area contributed by atoms with E-state index in [4.69, 9.17) is 37.9 Å². The zero-order valence-corrected chi connectivity index (χ0v) is 57.1. The van der Waals surface area contributed by atoms with Gasteiger partial charge in [0.1, 0.15) is 55.2 Å². The van der Waals surface area contributed by atoms with Crippen LogP contribution in [0.4, 0.5) is 40.1 Å². The Morgan fingerprint density at radius 1 is 0.485 bits per heavy atom. The lowest BCUT2D eigenvalue weighted by Gasteiger charge is -2.37. The number of guanidine groups is 2. The van der Waals surface area contributed by atoms with E-state index in [0.717, 1.165) is 0 Å². The molecule has 0 aliphatic carbocycles. The van der Waals surface area contributed by atoms with Crippen LogP contribution in [0.15, 0.2) is 192 Å².